The van der Waals surface area contributed by atoms with Crippen LogP contribution in [0.4, 0.5) is 11.4 Å². The van der Waals surface area contributed by atoms with E-state index in [9.17, 15) is 13.2 Å². The lowest BCUT2D eigenvalue weighted by molar-refractivity contribution is 0.102. The molecule has 0 radical (unpaired) electrons. The van der Waals surface area contributed by atoms with Crippen LogP contribution in [0.25, 0.3) is 0 Å². The van der Waals surface area contributed by atoms with Crippen LogP contribution < -0.4 is 10.0 Å². The van der Waals surface area contributed by atoms with Crippen LogP contribution in [-0.4, -0.2) is 14.3 Å². The molecule has 0 saturated heterocycles. The number of sulfonamides is 1. The van der Waals surface area contributed by atoms with Gasteiger partial charge in [-0.2, -0.15) is 0 Å². The van der Waals surface area contributed by atoms with Crippen molar-refractivity contribution >= 4 is 27.3 Å². The molecule has 0 aliphatic rings. The first-order chi connectivity index (χ1) is 13.3. The minimum absolute atomic E-state index is 0.199. The van der Waals surface area contributed by atoms with Crippen molar-refractivity contribution in [1.29, 1.82) is 0 Å². The summed E-state index contributed by atoms with van der Waals surface area (Å²) in [5, 5.41) is 2.84. The van der Waals surface area contributed by atoms with E-state index < -0.39 is 10.0 Å². The summed E-state index contributed by atoms with van der Waals surface area (Å²) in [4.78, 5) is 12.7. The second-order valence-electron chi connectivity index (χ2n) is 6.70. The SMILES string of the molecule is Cc1ccc(S(=O)(=O)Nc2ccc(NC(=O)c3cccc(C)c3C)cc2)cc1. The van der Waals surface area contributed by atoms with E-state index in [0.717, 1.165) is 16.7 Å². The lowest BCUT2D eigenvalue weighted by atomic mass is 10.0. The number of aryl methyl sites for hydroxylation is 2. The summed E-state index contributed by atoms with van der Waals surface area (Å²) >= 11 is 0. The molecule has 28 heavy (non-hydrogen) atoms. The highest BCUT2D eigenvalue weighted by molar-refractivity contribution is 7.92. The summed E-state index contributed by atoms with van der Waals surface area (Å²) in [5.41, 5.74) is 4.59. The van der Waals surface area contributed by atoms with Gasteiger partial charge in [0.1, 0.15) is 0 Å². The molecule has 0 heterocycles. The number of carbonyl (C=O) groups excluding carboxylic acids is 1. The zero-order valence-corrected chi connectivity index (χ0v) is 16.8. The fourth-order valence-corrected chi connectivity index (χ4v) is 3.81. The number of hydrogen-bond donors (Lipinski definition) is 2. The summed E-state index contributed by atoms with van der Waals surface area (Å²) in [7, 11) is -3.66. The van der Waals surface area contributed by atoms with E-state index in [4.69, 9.17) is 0 Å². The van der Waals surface area contributed by atoms with Gasteiger partial charge in [0.2, 0.25) is 0 Å². The van der Waals surface area contributed by atoms with E-state index in [0.29, 0.717) is 16.9 Å². The molecule has 3 rings (SSSR count). The molecule has 0 aliphatic heterocycles. The number of amides is 1. The van der Waals surface area contributed by atoms with E-state index in [-0.39, 0.29) is 10.8 Å². The quantitative estimate of drug-likeness (QED) is 0.661. The predicted molar refractivity (Wildman–Crippen MR) is 112 cm³/mol. The van der Waals surface area contributed by atoms with Gasteiger partial charge in [-0.25, -0.2) is 8.42 Å². The second kappa shape index (κ2) is 7.86. The Balaban J connectivity index is 1.72. The lowest BCUT2D eigenvalue weighted by Crippen LogP contribution is -2.14. The molecule has 0 aliphatic carbocycles. The maximum Gasteiger partial charge on any atom is 0.261 e. The van der Waals surface area contributed by atoms with Crippen molar-refractivity contribution in [3.63, 3.8) is 0 Å². The van der Waals surface area contributed by atoms with E-state index in [1.54, 1.807) is 54.6 Å². The van der Waals surface area contributed by atoms with Crippen LogP contribution in [0.2, 0.25) is 0 Å². The molecule has 0 atom stereocenters. The normalized spacial score (nSPS) is 11.1. The maximum absolute atomic E-state index is 12.5. The van der Waals surface area contributed by atoms with Crippen LogP contribution >= 0.6 is 0 Å². The van der Waals surface area contributed by atoms with Gasteiger partial charge < -0.3 is 5.32 Å². The monoisotopic (exact) mass is 394 g/mol. The van der Waals surface area contributed by atoms with Crippen molar-refractivity contribution in [3.05, 3.63) is 89.0 Å². The van der Waals surface area contributed by atoms with Crippen LogP contribution in [0.1, 0.15) is 27.0 Å². The van der Waals surface area contributed by atoms with Gasteiger partial charge in [0, 0.05) is 16.9 Å². The van der Waals surface area contributed by atoms with E-state index in [1.165, 1.54) is 0 Å². The first kappa shape index (κ1) is 19.6. The van der Waals surface area contributed by atoms with Crippen LogP contribution in [0, 0.1) is 20.8 Å². The van der Waals surface area contributed by atoms with E-state index in [1.807, 2.05) is 32.9 Å². The molecule has 144 valence electrons. The number of carbonyl (C=O) groups is 1. The Hall–Kier alpha value is -3.12. The van der Waals surface area contributed by atoms with Crippen molar-refractivity contribution in [2.24, 2.45) is 0 Å². The number of nitrogens with one attached hydrogen (secondary N) is 2. The van der Waals surface area contributed by atoms with Gasteiger partial charge in [-0.3, -0.25) is 9.52 Å². The zero-order valence-electron chi connectivity index (χ0n) is 16.0. The standard InChI is InChI=1S/C22H22N2O3S/c1-15-7-13-20(14-8-15)28(26,27)24-19-11-9-18(10-12-19)23-22(25)21-6-4-5-16(2)17(21)3/h4-14,24H,1-3H3,(H,23,25). The van der Waals surface area contributed by atoms with Crippen LogP contribution in [0.5, 0.6) is 0 Å². The minimum atomic E-state index is -3.66. The third kappa shape index (κ3) is 4.40. The molecule has 3 aromatic rings. The van der Waals surface area contributed by atoms with Crippen LogP contribution in [-0.2, 0) is 10.0 Å². The first-order valence-electron chi connectivity index (χ1n) is 8.83. The molecule has 0 unspecified atom stereocenters. The molecule has 0 spiro atoms. The van der Waals surface area contributed by atoms with Crippen molar-refractivity contribution in [1.82, 2.24) is 0 Å². The predicted octanol–water partition coefficient (Wildman–Crippen LogP) is 4.66. The molecule has 0 saturated carbocycles. The van der Waals surface area contributed by atoms with Gasteiger partial charge in [0.05, 0.1) is 4.90 Å². The van der Waals surface area contributed by atoms with Crippen molar-refractivity contribution in [2.75, 3.05) is 10.0 Å². The molecule has 0 bridgehead atoms. The molecule has 2 N–H and O–H groups in total. The van der Waals surface area contributed by atoms with Crippen molar-refractivity contribution in [2.45, 2.75) is 25.7 Å². The Kier molecular flexibility index (Phi) is 5.51. The summed E-state index contributed by atoms with van der Waals surface area (Å²) in [5.74, 6) is -0.200. The van der Waals surface area contributed by atoms with Crippen molar-refractivity contribution in [3.8, 4) is 0 Å². The molecule has 6 heteroatoms. The van der Waals surface area contributed by atoms with Crippen LogP contribution in [0.3, 0.4) is 0 Å². The Morgan fingerprint density at radius 1 is 0.786 bits per heavy atom. The third-order valence-electron chi connectivity index (χ3n) is 4.58. The highest BCUT2D eigenvalue weighted by Crippen LogP contribution is 2.20. The fraction of sp³-hybridized carbons (Fsp3) is 0.136. The first-order valence-corrected chi connectivity index (χ1v) is 10.3. The average molecular weight is 394 g/mol. The van der Waals surface area contributed by atoms with E-state index in [2.05, 4.69) is 10.0 Å². The molecule has 0 fully saturated rings. The molecule has 0 aromatic heterocycles. The van der Waals surface area contributed by atoms with Crippen LogP contribution in [0.15, 0.2) is 71.6 Å². The minimum Gasteiger partial charge on any atom is -0.322 e. The summed E-state index contributed by atoms with van der Waals surface area (Å²) in [6.07, 6.45) is 0. The van der Waals surface area contributed by atoms with E-state index >= 15 is 0 Å². The average Bonchev–Trinajstić information content (AvgIpc) is 2.65. The zero-order chi connectivity index (χ0) is 20.3. The molecule has 1 amide bonds. The summed E-state index contributed by atoms with van der Waals surface area (Å²) in [6.45, 7) is 5.77. The number of hydrogen-bond acceptors (Lipinski definition) is 3. The summed E-state index contributed by atoms with van der Waals surface area (Å²) in [6, 6.07) is 18.8. The molecular weight excluding hydrogens is 372 g/mol. The smallest absolute Gasteiger partial charge is 0.261 e. The van der Waals surface area contributed by atoms with Gasteiger partial charge >= 0.3 is 0 Å². The largest absolute Gasteiger partial charge is 0.322 e. The second-order valence-corrected chi connectivity index (χ2v) is 8.38. The lowest BCUT2D eigenvalue weighted by Gasteiger charge is -2.11. The highest BCUT2D eigenvalue weighted by Gasteiger charge is 2.14. The van der Waals surface area contributed by atoms with Crippen molar-refractivity contribution < 1.29 is 13.2 Å². The Morgan fingerprint density at radius 2 is 1.39 bits per heavy atom. The molecular formula is C22H22N2O3S. The van der Waals surface area contributed by atoms with Gasteiger partial charge in [0.15, 0.2) is 0 Å². The fourth-order valence-electron chi connectivity index (χ4n) is 2.75. The van der Waals surface area contributed by atoms with Gasteiger partial charge in [-0.1, -0.05) is 29.8 Å². The summed E-state index contributed by atoms with van der Waals surface area (Å²) < 4.78 is 27.4. The van der Waals surface area contributed by atoms with Gasteiger partial charge in [-0.15, -0.1) is 0 Å². The van der Waals surface area contributed by atoms with Gasteiger partial charge in [0.25, 0.3) is 15.9 Å². The molecule has 5 nitrogen and oxygen atoms in total. The highest BCUT2D eigenvalue weighted by atomic mass is 32.2. The topological polar surface area (TPSA) is 75.3 Å². The maximum atomic E-state index is 12.5. The molecule has 3 aromatic carbocycles. The number of anilines is 2. The Morgan fingerprint density at radius 3 is 2.04 bits per heavy atom. The van der Waals surface area contributed by atoms with Gasteiger partial charge in [-0.05, 0) is 74.4 Å². The Labute approximate surface area is 165 Å². The Bertz CT molecular complexity index is 1100. The third-order valence-corrected chi connectivity index (χ3v) is 5.97. The number of rotatable bonds is 5. The number of benzene rings is 3.